The number of benzene rings is 3. The van der Waals surface area contributed by atoms with E-state index in [-0.39, 0.29) is 18.5 Å². The minimum atomic E-state index is 0. The number of halogens is 1. The lowest BCUT2D eigenvalue weighted by molar-refractivity contribution is 0.169. The lowest BCUT2D eigenvalue weighted by Gasteiger charge is -2.27. The Kier molecular flexibility index (Phi) is 7.35. The molecule has 3 aromatic carbocycles. The summed E-state index contributed by atoms with van der Waals surface area (Å²) in [6.07, 6.45) is 2.29. The van der Waals surface area contributed by atoms with Gasteiger partial charge in [0, 0.05) is 19.2 Å². The van der Waals surface area contributed by atoms with Crippen LogP contribution in [0.3, 0.4) is 0 Å². The fourth-order valence-electron chi connectivity index (χ4n) is 3.35. The SMILES string of the molecule is Cl.c1ccc(CNCC2CCc3ccc(OCc4ccccc4)cc3O2)cc1. The van der Waals surface area contributed by atoms with Crippen LogP contribution < -0.4 is 14.8 Å². The predicted octanol–water partition coefficient (Wildman–Crippen LogP) is 5.17. The molecule has 4 rings (SSSR count). The molecule has 0 saturated heterocycles. The van der Waals surface area contributed by atoms with Gasteiger partial charge in [-0.2, -0.15) is 0 Å². The maximum absolute atomic E-state index is 6.22. The van der Waals surface area contributed by atoms with Gasteiger partial charge in [0.15, 0.2) is 0 Å². The maximum atomic E-state index is 6.22. The first kappa shape index (κ1) is 20.2. The average molecular weight is 396 g/mol. The number of ether oxygens (including phenoxy) is 2. The first-order valence-corrected chi connectivity index (χ1v) is 9.58. The van der Waals surface area contributed by atoms with E-state index in [2.05, 4.69) is 47.8 Å². The number of nitrogens with one attached hydrogen (secondary N) is 1. The van der Waals surface area contributed by atoms with Gasteiger partial charge in [-0.25, -0.2) is 0 Å². The highest BCUT2D eigenvalue weighted by molar-refractivity contribution is 5.85. The quantitative estimate of drug-likeness (QED) is 0.598. The molecule has 1 atom stereocenters. The topological polar surface area (TPSA) is 30.5 Å². The Bertz CT molecular complexity index is 855. The zero-order valence-electron chi connectivity index (χ0n) is 15.8. The summed E-state index contributed by atoms with van der Waals surface area (Å²) in [4.78, 5) is 0. The third-order valence-electron chi connectivity index (χ3n) is 4.86. The van der Waals surface area contributed by atoms with E-state index in [4.69, 9.17) is 9.47 Å². The second-order valence-electron chi connectivity index (χ2n) is 6.94. The van der Waals surface area contributed by atoms with Crippen molar-refractivity contribution in [2.75, 3.05) is 6.54 Å². The third kappa shape index (κ3) is 5.51. The van der Waals surface area contributed by atoms with Gasteiger partial charge in [-0.1, -0.05) is 66.7 Å². The molecular formula is C24H26ClNO2. The van der Waals surface area contributed by atoms with Crippen molar-refractivity contribution in [2.45, 2.75) is 32.1 Å². The van der Waals surface area contributed by atoms with Gasteiger partial charge in [0.25, 0.3) is 0 Å². The fraction of sp³-hybridized carbons (Fsp3) is 0.250. The van der Waals surface area contributed by atoms with Crippen molar-refractivity contribution < 1.29 is 9.47 Å². The first-order chi connectivity index (χ1) is 13.4. The van der Waals surface area contributed by atoms with Crippen molar-refractivity contribution in [3.05, 3.63) is 95.6 Å². The highest BCUT2D eigenvalue weighted by Crippen LogP contribution is 2.31. The molecule has 1 aliphatic rings. The highest BCUT2D eigenvalue weighted by Gasteiger charge is 2.20. The Morgan fingerprint density at radius 1 is 0.893 bits per heavy atom. The molecule has 0 aliphatic carbocycles. The standard InChI is InChI=1S/C24H25NO2.ClH/c1-3-7-19(8-4-1)16-25-17-23-14-12-21-11-13-22(15-24(21)27-23)26-18-20-9-5-2-6-10-20;/h1-11,13,15,23,25H,12,14,16-18H2;1H. The number of aryl methyl sites for hydroxylation is 1. The Morgan fingerprint density at radius 3 is 2.36 bits per heavy atom. The summed E-state index contributed by atoms with van der Waals surface area (Å²) in [5.41, 5.74) is 3.73. The van der Waals surface area contributed by atoms with Gasteiger partial charge in [0.1, 0.15) is 24.2 Å². The molecule has 146 valence electrons. The summed E-state index contributed by atoms with van der Waals surface area (Å²) in [7, 11) is 0. The summed E-state index contributed by atoms with van der Waals surface area (Å²) < 4.78 is 12.2. The van der Waals surface area contributed by atoms with Crippen LogP contribution in [0.15, 0.2) is 78.9 Å². The molecule has 0 spiro atoms. The summed E-state index contributed by atoms with van der Waals surface area (Å²) >= 11 is 0. The number of rotatable bonds is 7. The molecule has 3 nitrogen and oxygen atoms in total. The van der Waals surface area contributed by atoms with Crippen LogP contribution >= 0.6 is 12.4 Å². The molecule has 4 heteroatoms. The van der Waals surface area contributed by atoms with Gasteiger partial charge in [0.05, 0.1) is 0 Å². The second kappa shape index (κ2) is 10.2. The monoisotopic (exact) mass is 395 g/mol. The second-order valence-corrected chi connectivity index (χ2v) is 6.94. The van der Waals surface area contributed by atoms with Gasteiger partial charge in [-0.3, -0.25) is 0 Å². The van der Waals surface area contributed by atoms with E-state index in [9.17, 15) is 0 Å². The minimum Gasteiger partial charge on any atom is -0.489 e. The van der Waals surface area contributed by atoms with E-state index in [0.717, 1.165) is 37.4 Å². The molecule has 0 radical (unpaired) electrons. The predicted molar refractivity (Wildman–Crippen MR) is 115 cm³/mol. The van der Waals surface area contributed by atoms with Gasteiger partial charge >= 0.3 is 0 Å². The van der Waals surface area contributed by atoms with Crippen LogP contribution in [0.2, 0.25) is 0 Å². The van der Waals surface area contributed by atoms with Crippen molar-refractivity contribution in [3.63, 3.8) is 0 Å². The highest BCUT2D eigenvalue weighted by atomic mass is 35.5. The Hall–Kier alpha value is -2.49. The zero-order valence-corrected chi connectivity index (χ0v) is 16.7. The zero-order chi connectivity index (χ0) is 18.3. The van der Waals surface area contributed by atoms with E-state index in [1.807, 2.05) is 36.4 Å². The smallest absolute Gasteiger partial charge is 0.126 e. The number of fused-ring (bicyclic) bond motifs is 1. The van der Waals surface area contributed by atoms with Crippen LogP contribution in [-0.2, 0) is 19.6 Å². The molecule has 0 fully saturated rings. The van der Waals surface area contributed by atoms with Crippen LogP contribution in [0.4, 0.5) is 0 Å². The lowest BCUT2D eigenvalue weighted by Crippen LogP contribution is -2.33. The molecule has 0 bridgehead atoms. The average Bonchev–Trinajstić information content (AvgIpc) is 2.73. The maximum Gasteiger partial charge on any atom is 0.126 e. The number of hydrogen-bond acceptors (Lipinski definition) is 3. The molecule has 1 aliphatic heterocycles. The Balaban J connectivity index is 0.00000225. The number of hydrogen-bond donors (Lipinski definition) is 1. The molecule has 1 unspecified atom stereocenters. The Labute approximate surface area is 173 Å². The van der Waals surface area contributed by atoms with E-state index in [1.165, 1.54) is 16.7 Å². The van der Waals surface area contributed by atoms with Crippen molar-refractivity contribution in [3.8, 4) is 11.5 Å². The van der Waals surface area contributed by atoms with Gasteiger partial charge in [0.2, 0.25) is 0 Å². The van der Waals surface area contributed by atoms with Crippen molar-refractivity contribution >= 4 is 12.4 Å². The minimum absolute atomic E-state index is 0. The molecule has 3 aromatic rings. The van der Waals surface area contributed by atoms with Crippen molar-refractivity contribution in [2.24, 2.45) is 0 Å². The van der Waals surface area contributed by atoms with Crippen LogP contribution in [0.1, 0.15) is 23.1 Å². The van der Waals surface area contributed by atoms with Crippen LogP contribution in [-0.4, -0.2) is 12.6 Å². The summed E-state index contributed by atoms with van der Waals surface area (Å²) in [5, 5.41) is 3.51. The van der Waals surface area contributed by atoms with E-state index >= 15 is 0 Å². The lowest BCUT2D eigenvalue weighted by atomic mass is 10.0. The summed E-state index contributed by atoms with van der Waals surface area (Å²) in [6.45, 7) is 2.29. The molecular weight excluding hydrogens is 370 g/mol. The van der Waals surface area contributed by atoms with Gasteiger partial charge in [-0.15, -0.1) is 12.4 Å². The molecule has 0 saturated carbocycles. The third-order valence-corrected chi connectivity index (χ3v) is 4.86. The largest absolute Gasteiger partial charge is 0.489 e. The molecule has 1 heterocycles. The summed E-state index contributed by atoms with van der Waals surface area (Å²) in [6, 6.07) is 26.9. The van der Waals surface area contributed by atoms with Gasteiger partial charge < -0.3 is 14.8 Å². The first-order valence-electron chi connectivity index (χ1n) is 9.58. The molecule has 0 aromatic heterocycles. The van der Waals surface area contributed by atoms with Crippen LogP contribution in [0, 0.1) is 0 Å². The Morgan fingerprint density at radius 2 is 1.61 bits per heavy atom. The molecule has 28 heavy (non-hydrogen) atoms. The van der Waals surface area contributed by atoms with Crippen molar-refractivity contribution in [1.82, 2.24) is 5.32 Å². The normalized spacial score (nSPS) is 15.1. The van der Waals surface area contributed by atoms with E-state index in [1.54, 1.807) is 0 Å². The molecule has 0 amide bonds. The summed E-state index contributed by atoms with van der Waals surface area (Å²) in [5.74, 6) is 1.81. The molecule has 1 N–H and O–H groups in total. The van der Waals surface area contributed by atoms with Gasteiger partial charge in [-0.05, 0) is 35.6 Å². The van der Waals surface area contributed by atoms with E-state index in [0.29, 0.717) is 6.61 Å². The van der Waals surface area contributed by atoms with Crippen LogP contribution in [0.5, 0.6) is 11.5 Å². The van der Waals surface area contributed by atoms with Crippen molar-refractivity contribution in [1.29, 1.82) is 0 Å². The van der Waals surface area contributed by atoms with E-state index < -0.39 is 0 Å². The van der Waals surface area contributed by atoms with Crippen LogP contribution in [0.25, 0.3) is 0 Å². The fourth-order valence-corrected chi connectivity index (χ4v) is 3.35.